The second-order valence-electron chi connectivity index (χ2n) is 4.88. The summed E-state index contributed by atoms with van der Waals surface area (Å²) in [6.07, 6.45) is 2.02. The Bertz CT molecular complexity index is 635. The number of hydrogen-bond acceptors (Lipinski definition) is 5. The molecule has 128 valence electrons. The van der Waals surface area contributed by atoms with Crippen LogP contribution in [0.4, 0.5) is 11.4 Å². The average molecular weight is 330 g/mol. The van der Waals surface area contributed by atoms with Gasteiger partial charge >= 0.3 is 0 Å². The van der Waals surface area contributed by atoms with E-state index in [9.17, 15) is 9.59 Å². The Labute approximate surface area is 141 Å². The molecular weight excluding hydrogens is 308 g/mol. The third kappa shape index (κ3) is 7.42. The molecule has 0 atom stereocenters. The molecule has 1 aromatic carbocycles. The molecule has 0 aliphatic rings. The van der Waals surface area contributed by atoms with Gasteiger partial charge in [-0.05, 0) is 31.5 Å². The van der Waals surface area contributed by atoms with E-state index in [-0.39, 0.29) is 11.5 Å². The van der Waals surface area contributed by atoms with Crippen LogP contribution in [-0.4, -0.2) is 31.6 Å². The Balaban J connectivity index is 2.57. The zero-order chi connectivity index (χ0) is 17.8. The Morgan fingerprint density at radius 2 is 2.08 bits per heavy atom. The molecule has 2 amide bonds. The lowest BCUT2D eigenvalue weighted by molar-refractivity contribution is -0.117. The van der Waals surface area contributed by atoms with Gasteiger partial charge in [0.2, 0.25) is 5.91 Å². The van der Waals surface area contributed by atoms with Crippen molar-refractivity contribution in [3.8, 4) is 6.07 Å². The van der Waals surface area contributed by atoms with E-state index >= 15 is 0 Å². The van der Waals surface area contributed by atoms with E-state index in [1.807, 2.05) is 13.0 Å². The first-order valence-electron chi connectivity index (χ1n) is 7.67. The van der Waals surface area contributed by atoms with Crippen molar-refractivity contribution in [3.05, 3.63) is 36.0 Å². The van der Waals surface area contributed by atoms with Gasteiger partial charge in [0.25, 0.3) is 5.91 Å². The van der Waals surface area contributed by atoms with Crippen LogP contribution >= 0.6 is 0 Å². The Morgan fingerprint density at radius 3 is 2.75 bits per heavy atom. The van der Waals surface area contributed by atoms with Gasteiger partial charge in [-0.3, -0.25) is 9.59 Å². The topological polar surface area (TPSA) is 103 Å². The highest BCUT2D eigenvalue weighted by Crippen LogP contribution is 2.15. The molecule has 0 aliphatic carbocycles. The van der Waals surface area contributed by atoms with Crippen molar-refractivity contribution in [2.75, 3.05) is 30.4 Å². The first-order chi connectivity index (χ1) is 11.6. The van der Waals surface area contributed by atoms with Gasteiger partial charge in [-0.15, -0.1) is 0 Å². The average Bonchev–Trinajstić information content (AvgIpc) is 2.55. The van der Waals surface area contributed by atoms with Crippen molar-refractivity contribution < 1.29 is 14.3 Å². The Morgan fingerprint density at radius 1 is 1.33 bits per heavy atom. The lowest BCUT2D eigenvalue weighted by Crippen LogP contribution is -2.26. The maximum Gasteiger partial charge on any atom is 0.263 e. The lowest BCUT2D eigenvalue weighted by Gasteiger charge is -2.07. The third-order valence-electron chi connectivity index (χ3n) is 2.89. The van der Waals surface area contributed by atoms with E-state index in [2.05, 4.69) is 16.0 Å². The van der Waals surface area contributed by atoms with Gasteiger partial charge < -0.3 is 20.7 Å². The molecule has 1 rings (SSSR count). The van der Waals surface area contributed by atoms with Crippen LogP contribution in [0.25, 0.3) is 0 Å². The fraction of sp³-hybridized carbons (Fsp3) is 0.353. The molecule has 24 heavy (non-hydrogen) atoms. The fourth-order valence-corrected chi connectivity index (χ4v) is 1.81. The van der Waals surface area contributed by atoms with Crippen molar-refractivity contribution in [1.82, 2.24) is 5.32 Å². The van der Waals surface area contributed by atoms with Crippen LogP contribution in [0.1, 0.15) is 20.3 Å². The second kappa shape index (κ2) is 10.8. The molecular formula is C17H22N4O3. The number of hydrogen-bond donors (Lipinski definition) is 3. The van der Waals surface area contributed by atoms with Crippen molar-refractivity contribution in [1.29, 1.82) is 5.26 Å². The summed E-state index contributed by atoms with van der Waals surface area (Å²) in [7, 11) is 0. The number of rotatable bonds is 9. The SMILES string of the molecule is CCOCCCNC(=O)/C(C#N)=C\Nc1cccc(NC(C)=O)c1. The van der Waals surface area contributed by atoms with Gasteiger partial charge in [0.05, 0.1) is 0 Å². The maximum absolute atomic E-state index is 11.9. The van der Waals surface area contributed by atoms with Crippen molar-refractivity contribution in [2.24, 2.45) is 0 Å². The van der Waals surface area contributed by atoms with E-state index < -0.39 is 5.91 Å². The molecule has 0 unspecified atom stereocenters. The Hall–Kier alpha value is -2.85. The Kier molecular flexibility index (Phi) is 8.64. The maximum atomic E-state index is 11.9. The highest BCUT2D eigenvalue weighted by molar-refractivity contribution is 5.97. The predicted octanol–water partition coefficient (Wildman–Crippen LogP) is 2.01. The minimum absolute atomic E-state index is 0.0312. The summed E-state index contributed by atoms with van der Waals surface area (Å²) in [4.78, 5) is 22.9. The van der Waals surface area contributed by atoms with E-state index in [4.69, 9.17) is 10.00 Å². The first-order valence-corrected chi connectivity index (χ1v) is 7.67. The van der Waals surface area contributed by atoms with Gasteiger partial charge in [0, 0.05) is 44.3 Å². The molecule has 0 aliphatic heterocycles. The van der Waals surface area contributed by atoms with Crippen LogP contribution in [0.5, 0.6) is 0 Å². The molecule has 0 spiro atoms. The van der Waals surface area contributed by atoms with Crippen LogP contribution < -0.4 is 16.0 Å². The molecule has 0 bridgehead atoms. The molecule has 0 saturated heterocycles. The number of nitrogens with zero attached hydrogens (tertiary/aromatic N) is 1. The third-order valence-corrected chi connectivity index (χ3v) is 2.89. The van der Waals surface area contributed by atoms with Gasteiger partial charge in [-0.2, -0.15) is 5.26 Å². The molecule has 0 radical (unpaired) electrons. The monoisotopic (exact) mass is 330 g/mol. The number of ether oxygens (including phenoxy) is 1. The van der Waals surface area contributed by atoms with Crippen LogP contribution in [0.3, 0.4) is 0 Å². The summed E-state index contributed by atoms with van der Waals surface area (Å²) in [6.45, 7) is 4.97. The zero-order valence-corrected chi connectivity index (χ0v) is 13.9. The number of nitriles is 1. The van der Waals surface area contributed by atoms with Crippen LogP contribution in [0, 0.1) is 11.3 Å². The lowest BCUT2D eigenvalue weighted by atomic mass is 10.2. The van der Waals surface area contributed by atoms with Crippen LogP contribution in [-0.2, 0) is 14.3 Å². The fourth-order valence-electron chi connectivity index (χ4n) is 1.81. The largest absolute Gasteiger partial charge is 0.382 e. The van der Waals surface area contributed by atoms with Crippen LogP contribution in [0.15, 0.2) is 36.0 Å². The first kappa shape index (κ1) is 19.2. The minimum Gasteiger partial charge on any atom is -0.382 e. The smallest absolute Gasteiger partial charge is 0.263 e. The molecule has 1 aromatic rings. The molecule has 7 heteroatoms. The number of anilines is 2. The molecule has 0 heterocycles. The summed E-state index contributed by atoms with van der Waals surface area (Å²) < 4.78 is 5.17. The highest BCUT2D eigenvalue weighted by Gasteiger charge is 2.07. The van der Waals surface area contributed by atoms with Crippen molar-refractivity contribution in [3.63, 3.8) is 0 Å². The van der Waals surface area contributed by atoms with Crippen molar-refractivity contribution >= 4 is 23.2 Å². The summed E-state index contributed by atoms with van der Waals surface area (Å²) in [5.74, 6) is -0.619. The van der Waals surface area contributed by atoms with Crippen LogP contribution in [0.2, 0.25) is 0 Å². The number of amides is 2. The van der Waals surface area contributed by atoms with Gasteiger partial charge in [0.15, 0.2) is 0 Å². The number of carbonyl (C=O) groups excluding carboxylic acids is 2. The van der Waals surface area contributed by atoms with Gasteiger partial charge in [0.1, 0.15) is 11.6 Å². The summed E-state index contributed by atoms with van der Waals surface area (Å²) in [6, 6.07) is 8.81. The number of nitrogens with one attached hydrogen (secondary N) is 3. The number of benzene rings is 1. The summed E-state index contributed by atoms with van der Waals surface area (Å²) >= 11 is 0. The zero-order valence-electron chi connectivity index (χ0n) is 13.9. The minimum atomic E-state index is -0.445. The molecule has 7 nitrogen and oxygen atoms in total. The van der Waals surface area contributed by atoms with Gasteiger partial charge in [-0.1, -0.05) is 6.07 Å². The number of carbonyl (C=O) groups is 2. The predicted molar refractivity (Wildman–Crippen MR) is 92.2 cm³/mol. The molecule has 0 saturated carbocycles. The molecule has 0 fully saturated rings. The summed E-state index contributed by atoms with van der Waals surface area (Å²) in [5, 5.41) is 17.3. The molecule has 0 aromatic heterocycles. The van der Waals surface area contributed by atoms with Gasteiger partial charge in [-0.25, -0.2) is 0 Å². The van der Waals surface area contributed by atoms with Crippen molar-refractivity contribution in [2.45, 2.75) is 20.3 Å². The normalized spacial score (nSPS) is 10.6. The van der Waals surface area contributed by atoms with E-state index in [0.717, 1.165) is 0 Å². The van der Waals surface area contributed by atoms with E-state index in [1.54, 1.807) is 24.3 Å². The van der Waals surface area contributed by atoms with E-state index in [1.165, 1.54) is 13.1 Å². The standard InChI is InChI=1S/C17H22N4O3/c1-3-24-9-5-8-19-17(23)14(11-18)12-20-15-6-4-7-16(10-15)21-13(2)22/h4,6-7,10,12,20H,3,5,8-9H2,1-2H3,(H,19,23)(H,21,22)/b14-12-. The summed E-state index contributed by atoms with van der Waals surface area (Å²) in [5.41, 5.74) is 1.24. The molecule has 3 N–H and O–H groups in total. The second-order valence-corrected chi connectivity index (χ2v) is 4.88. The highest BCUT2D eigenvalue weighted by atomic mass is 16.5. The quantitative estimate of drug-likeness (QED) is 0.365. The van der Waals surface area contributed by atoms with E-state index in [0.29, 0.717) is 37.6 Å².